The number of hydrogen-bond donors (Lipinski definition) is 0. The van der Waals surface area contributed by atoms with Crippen molar-refractivity contribution in [1.29, 1.82) is 0 Å². The molecule has 0 spiro atoms. The third kappa shape index (κ3) is 4.99. The zero-order valence-corrected chi connectivity index (χ0v) is 22.4. The van der Waals surface area contributed by atoms with Gasteiger partial charge < -0.3 is 13.7 Å². The van der Waals surface area contributed by atoms with Crippen molar-refractivity contribution in [3.8, 4) is 11.9 Å². The van der Waals surface area contributed by atoms with E-state index in [2.05, 4.69) is 60.2 Å². The van der Waals surface area contributed by atoms with E-state index in [1.807, 2.05) is 60.7 Å². The van der Waals surface area contributed by atoms with Crippen molar-refractivity contribution in [1.82, 2.24) is 14.2 Å². The van der Waals surface area contributed by atoms with Crippen LogP contribution in [0.4, 0.5) is 0 Å². The maximum absolute atomic E-state index is 6.31. The fraction of sp³-hybridized carbons (Fsp3) is 0.308. The Morgan fingerprint density at radius 2 is 1.39 bits per heavy atom. The summed E-state index contributed by atoms with van der Waals surface area (Å²) >= 11 is 3.74. The molecule has 4 aromatic rings. The molecule has 0 bridgehead atoms. The Kier molecular flexibility index (Phi) is 6.63. The molecule has 4 rings (SSSR count). The van der Waals surface area contributed by atoms with Crippen LogP contribution in [0.5, 0.6) is 11.9 Å². The zero-order valence-electron chi connectivity index (χ0n) is 19.8. The summed E-state index contributed by atoms with van der Waals surface area (Å²) in [4.78, 5) is 9.49. The lowest BCUT2D eigenvalue weighted by Crippen LogP contribution is -2.45. The summed E-state index contributed by atoms with van der Waals surface area (Å²) in [6.45, 7) is 12.4. The van der Waals surface area contributed by atoms with Crippen LogP contribution >= 0.6 is 15.9 Å². The maximum atomic E-state index is 6.31. The van der Waals surface area contributed by atoms with Crippen LogP contribution in [-0.4, -0.2) is 22.4 Å². The van der Waals surface area contributed by atoms with Gasteiger partial charge in [-0.25, -0.2) is 0 Å². The highest BCUT2D eigenvalue weighted by atomic mass is 79.9. The summed E-state index contributed by atoms with van der Waals surface area (Å²) in [6.07, 6.45) is 2.13. The van der Waals surface area contributed by atoms with Crippen LogP contribution in [0.1, 0.15) is 31.9 Å². The minimum atomic E-state index is -1.97. The van der Waals surface area contributed by atoms with Gasteiger partial charge in [-0.15, -0.1) is 0 Å². The molecule has 0 radical (unpaired) electrons. The first-order chi connectivity index (χ1) is 15.7. The van der Waals surface area contributed by atoms with Gasteiger partial charge in [0, 0.05) is 6.20 Å². The minimum absolute atomic E-state index is 0.123. The van der Waals surface area contributed by atoms with E-state index in [1.165, 1.54) is 0 Å². The number of aromatic nitrogens is 3. The molecule has 0 aliphatic heterocycles. The third-order valence-electron chi connectivity index (χ3n) is 6.41. The SMILES string of the molecule is CC(C)(C)[Si](C)(C)n1cc(Br)c2nc(OCc3ccccc3)nc(OCc3ccccc3)c21. The van der Waals surface area contributed by atoms with E-state index in [0.717, 1.165) is 26.6 Å². The third-order valence-corrected chi connectivity index (χ3v) is 12.2. The molecule has 0 fully saturated rings. The average Bonchev–Trinajstić information content (AvgIpc) is 3.14. The Balaban J connectivity index is 1.78. The van der Waals surface area contributed by atoms with Crippen LogP contribution in [0.3, 0.4) is 0 Å². The van der Waals surface area contributed by atoms with E-state index < -0.39 is 8.24 Å². The van der Waals surface area contributed by atoms with Gasteiger partial charge in [0.2, 0.25) is 5.88 Å². The second-order valence-electron chi connectivity index (χ2n) is 9.71. The minimum Gasteiger partial charge on any atom is -0.471 e. The lowest BCUT2D eigenvalue weighted by atomic mass is 10.2. The molecule has 0 N–H and O–H groups in total. The fourth-order valence-electron chi connectivity index (χ4n) is 3.45. The first-order valence-corrected chi connectivity index (χ1v) is 14.8. The van der Waals surface area contributed by atoms with Gasteiger partial charge in [0.15, 0.2) is 8.24 Å². The highest BCUT2D eigenvalue weighted by Gasteiger charge is 2.39. The van der Waals surface area contributed by atoms with Crippen LogP contribution in [0.2, 0.25) is 18.1 Å². The highest BCUT2D eigenvalue weighted by molar-refractivity contribution is 9.10. The van der Waals surface area contributed by atoms with Crippen LogP contribution < -0.4 is 9.47 Å². The van der Waals surface area contributed by atoms with Gasteiger partial charge in [-0.2, -0.15) is 9.97 Å². The lowest BCUT2D eigenvalue weighted by Gasteiger charge is -2.38. The summed E-state index contributed by atoms with van der Waals surface area (Å²) < 4.78 is 15.6. The first-order valence-electron chi connectivity index (χ1n) is 11.1. The highest BCUT2D eigenvalue weighted by Crippen LogP contribution is 2.42. The molecule has 0 aliphatic carbocycles. The molecule has 0 aliphatic rings. The molecule has 7 heteroatoms. The molecule has 0 amide bonds. The normalized spacial score (nSPS) is 12.2. The molecule has 0 saturated carbocycles. The van der Waals surface area contributed by atoms with Crippen molar-refractivity contribution in [3.05, 3.63) is 82.5 Å². The van der Waals surface area contributed by atoms with Crippen molar-refractivity contribution in [3.63, 3.8) is 0 Å². The summed E-state index contributed by atoms with van der Waals surface area (Å²) in [6, 6.07) is 20.5. The standard InChI is InChI=1S/C26H30BrN3O2Si/c1-26(2,3)33(4,5)30-16-21(27)22-23(30)24(31-17-19-12-8-6-9-13-19)29-25(28-22)32-18-20-14-10-7-11-15-20/h6-16H,17-18H2,1-5H3. The van der Waals surface area contributed by atoms with Gasteiger partial charge in [-0.1, -0.05) is 94.5 Å². The number of fused-ring (bicyclic) bond motifs is 1. The average molecular weight is 525 g/mol. The van der Waals surface area contributed by atoms with Crippen LogP contribution in [0, 0.1) is 0 Å². The molecule has 0 unspecified atom stereocenters. The fourth-order valence-corrected chi connectivity index (χ4v) is 6.06. The van der Waals surface area contributed by atoms with E-state index in [-0.39, 0.29) is 5.04 Å². The van der Waals surface area contributed by atoms with Gasteiger partial charge in [0.25, 0.3) is 0 Å². The van der Waals surface area contributed by atoms with Crippen molar-refractivity contribution in [2.75, 3.05) is 0 Å². The number of halogens is 1. The summed E-state index contributed by atoms with van der Waals surface area (Å²) in [5.74, 6) is 0.544. The molecule has 5 nitrogen and oxygen atoms in total. The zero-order chi connectivity index (χ0) is 23.6. The Hall–Kier alpha value is -2.64. The number of nitrogens with zero attached hydrogens (tertiary/aromatic N) is 3. The van der Waals surface area contributed by atoms with E-state index in [9.17, 15) is 0 Å². The molecular weight excluding hydrogens is 494 g/mol. The summed E-state index contributed by atoms with van der Waals surface area (Å²) in [7, 11) is -1.97. The first kappa shape index (κ1) is 23.5. The van der Waals surface area contributed by atoms with Gasteiger partial charge >= 0.3 is 6.01 Å². The molecular formula is C26H30BrN3O2Si. The van der Waals surface area contributed by atoms with Crippen molar-refractivity contribution < 1.29 is 9.47 Å². The van der Waals surface area contributed by atoms with Gasteiger partial charge in [-0.05, 0) is 32.1 Å². The maximum Gasteiger partial charge on any atom is 0.320 e. The predicted octanol–water partition coefficient (Wildman–Crippen LogP) is 7.21. The van der Waals surface area contributed by atoms with Crippen LogP contribution in [0.25, 0.3) is 11.0 Å². The van der Waals surface area contributed by atoms with Gasteiger partial charge in [-0.3, -0.25) is 0 Å². The molecule has 2 aromatic heterocycles. The summed E-state index contributed by atoms with van der Waals surface area (Å²) in [5.41, 5.74) is 3.86. The van der Waals surface area contributed by atoms with Crippen LogP contribution in [-0.2, 0) is 13.2 Å². The van der Waals surface area contributed by atoms with Gasteiger partial charge in [0.05, 0.1) is 4.47 Å². The quantitative estimate of drug-likeness (QED) is 0.240. The summed E-state index contributed by atoms with van der Waals surface area (Å²) in [5, 5.41) is 0.123. The van der Waals surface area contributed by atoms with E-state index in [4.69, 9.17) is 19.4 Å². The Bertz CT molecular complexity index is 1240. The number of benzene rings is 2. The van der Waals surface area contributed by atoms with Gasteiger partial charge in [0.1, 0.15) is 24.2 Å². The molecule has 2 heterocycles. The Labute approximate surface area is 205 Å². The predicted molar refractivity (Wildman–Crippen MR) is 139 cm³/mol. The van der Waals surface area contributed by atoms with Crippen molar-refractivity contribution in [2.24, 2.45) is 0 Å². The number of hydrogen-bond acceptors (Lipinski definition) is 4. The second kappa shape index (κ2) is 9.31. The molecule has 2 aromatic carbocycles. The lowest BCUT2D eigenvalue weighted by molar-refractivity contribution is 0.261. The van der Waals surface area contributed by atoms with Crippen molar-refractivity contribution in [2.45, 2.75) is 52.1 Å². The monoisotopic (exact) mass is 523 g/mol. The Morgan fingerprint density at radius 1 is 0.848 bits per heavy atom. The van der Waals surface area contributed by atoms with Crippen LogP contribution in [0.15, 0.2) is 71.3 Å². The number of rotatable bonds is 7. The second-order valence-corrected chi connectivity index (χ2v) is 15.7. The molecule has 0 atom stereocenters. The topological polar surface area (TPSA) is 49.2 Å². The van der Waals surface area contributed by atoms with Crippen molar-refractivity contribution >= 4 is 35.2 Å². The largest absolute Gasteiger partial charge is 0.471 e. The molecule has 172 valence electrons. The smallest absolute Gasteiger partial charge is 0.320 e. The van der Waals surface area contributed by atoms with E-state index >= 15 is 0 Å². The Morgan fingerprint density at radius 3 is 1.94 bits per heavy atom. The molecule has 33 heavy (non-hydrogen) atoms. The van der Waals surface area contributed by atoms with E-state index in [1.54, 1.807) is 0 Å². The molecule has 0 saturated heterocycles. The van der Waals surface area contributed by atoms with E-state index in [0.29, 0.717) is 25.1 Å². The number of ether oxygens (including phenoxy) is 2.